The van der Waals surface area contributed by atoms with Crippen LogP contribution in [0.1, 0.15) is 23.5 Å². The quantitative estimate of drug-likeness (QED) is 0.394. The number of imidazole rings is 1. The lowest BCUT2D eigenvalue weighted by molar-refractivity contribution is -0.140. The van der Waals surface area contributed by atoms with E-state index in [9.17, 15) is 19.5 Å². The van der Waals surface area contributed by atoms with Crippen molar-refractivity contribution in [3.05, 3.63) is 42.5 Å². The third-order valence-corrected chi connectivity index (χ3v) is 5.59. The number of fused-ring (bicyclic) bond motifs is 2. The van der Waals surface area contributed by atoms with Crippen LogP contribution in [-0.4, -0.2) is 74.2 Å². The van der Waals surface area contributed by atoms with Crippen molar-refractivity contribution in [2.45, 2.75) is 31.5 Å². The van der Waals surface area contributed by atoms with E-state index >= 15 is 0 Å². The van der Waals surface area contributed by atoms with E-state index in [1.165, 1.54) is 24.8 Å². The Labute approximate surface area is 197 Å². The van der Waals surface area contributed by atoms with Gasteiger partial charge in [0.2, 0.25) is 0 Å². The van der Waals surface area contributed by atoms with Crippen LogP contribution in [0.25, 0.3) is 11.2 Å². The summed E-state index contributed by atoms with van der Waals surface area (Å²) >= 11 is 0. The molecule has 4 heterocycles. The van der Waals surface area contributed by atoms with Gasteiger partial charge in [0, 0.05) is 6.54 Å². The summed E-state index contributed by atoms with van der Waals surface area (Å²) in [5, 5.41) is 17.2. The van der Waals surface area contributed by atoms with Crippen LogP contribution in [0.4, 0.5) is 16.3 Å². The number of hydrogen-bond donors (Lipinski definition) is 4. The number of aromatic nitrogens is 4. The molecule has 0 bridgehead atoms. The molecular formula is C21H21N7O7. The largest absolute Gasteiger partial charge is 0.478 e. The van der Waals surface area contributed by atoms with Crippen molar-refractivity contribution in [3.8, 4) is 0 Å². The van der Waals surface area contributed by atoms with E-state index in [0.29, 0.717) is 17.7 Å². The minimum absolute atomic E-state index is 0.0453. The summed E-state index contributed by atoms with van der Waals surface area (Å²) in [6.45, 7) is 2.18. The van der Waals surface area contributed by atoms with Crippen LogP contribution in [0.2, 0.25) is 0 Å². The number of ether oxygens (including phenoxy) is 3. The summed E-state index contributed by atoms with van der Waals surface area (Å²) in [6, 6.07) is 5.61. The normalized spacial score (nSPS) is 23.1. The Morgan fingerprint density at radius 3 is 2.71 bits per heavy atom. The van der Waals surface area contributed by atoms with Gasteiger partial charge in [0.05, 0.1) is 17.6 Å². The minimum Gasteiger partial charge on any atom is -0.478 e. The Hall–Kier alpha value is -4.14. The highest BCUT2D eigenvalue weighted by molar-refractivity contribution is 6.02. The van der Waals surface area contributed by atoms with Gasteiger partial charge in [-0.1, -0.05) is 12.1 Å². The number of amides is 3. The molecule has 2 aliphatic rings. The lowest BCUT2D eigenvalue weighted by atomic mass is 10.1. The van der Waals surface area contributed by atoms with Crippen LogP contribution in [0.3, 0.4) is 0 Å². The molecule has 1 aromatic carbocycles. The number of aromatic carboxylic acids is 1. The molecule has 3 aromatic rings. The van der Waals surface area contributed by atoms with E-state index in [1.807, 2.05) is 0 Å². The monoisotopic (exact) mass is 483 g/mol. The summed E-state index contributed by atoms with van der Waals surface area (Å²) in [7, 11) is 0. The first kappa shape index (κ1) is 22.6. The number of nitrogens with zero attached hydrogens (tertiary/aromatic N) is 4. The van der Waals surface area contributed by atoms with Crippen molar-refractivity contribution in [1.29, 1.82) is 0 Å². The van der Waals surface area contributed by atoms with Crippen molar-refractivity contribution in [2.75, 3.05) is 24.0 Å². The van der Waals surface area contributed by atoms with Gasteiger partial charge in [0.25, 0.3) is 5.91 Å². The summed E-state index contributed by atoms with van der Waals surface area (Å²) in [6.07, 6.45) is -0.609. The van der Waals surface area contributed by atoms with Crippen LogP contribution < -0.4 is 16.0 Å². The number of para-hydroxylation sites is 1. The van der Waals surface area contributed by atoms with E-state index in [1.54, 1.807) is 23.6 Å². The Kier molecular flexibility index (Phi) is 5.98. The predicted molar refractivity (Wildman–Crippen MR) is 119 cm³/mol. The molecule has 2 aliphatic heterocycles. The molecule has 2 saturated heterocycles. The smallest absolute Gasteiger partial charge is 0.337 e. The number of carboxylic acids is 1. The molecule has 4 atom stereocenters. The van der Waals surface area contributed by atoms with E-state index in [-0.39, 0.29) is 23.9 Å². The zero-order valence-electron chi connectivity index (χ0n) is 18.4. The van der Waals surface area contributed by atoms with E-state index in [4.69, 9.17) is 14.2 Å². The third kappa shape index (κ3) is 4.14. The van der Waals surface area contributed by atoms with Crippen molar-refractivity contribution >= 4 is 40.6 Å². The SMILES string of the molecule is CCNC(=O)Nc1ncnc2c1ncn2C1OC(C(=O)Nc2ccccc2C(=O)O)C2OCOC21. The number of carboxylic acid groups (broad SMARTS) is 1. The maximum Gasteiger partial charge on any atom is 0.337 e. The number of rotatable bonds is 6. The molecule has 0 aliphatic carbocycles. The molecule has 35 heavy (non-hydrogen) atoms. The van der Waals surface area contributed by atoms with Gasteiger partial charge in [-0.2, -0.15) is 0 Å². The first-order valence-electron chi connectivity index (χ1n) is 10.7. The van der Waals surface area contributed by atoms with Gasteiger partial charge in [0.15, 0.2) is 29.3 Å². The second-order valence-corrected chi connectivity index (χ2v) is 7.70. The van der Waals surface area contributed by atoms with Gasteiger partial charge in [-0.25, -0.2) is 24.5 Å². The summed E-state index contributed by atoms with van der Waals surface area (Å²) in [5.41, 5.74) is 0.749. The molecule has 182 valence electrons. The minimum atomic E-state index is -1.17. The molecule has 0 spiro atoms. The lowest BCUT2D eigenvalue weighted by Crippen LogP contribution is -2.38. The Morgan fingerprint density at radius 1 is 1.11 bits per heavy atom. The van der Waals surface area contributed by atoms with Crippen LogP contribution in [0.5, 0.6) is 0 Å². The average Bonchev–Trinajstić information content (AvgIpc) is 3.55. The van der Waals surface area contributed by atoms with Crippen LogP contribution in [-0.2, 0) is 19.0 Å². The second-order valence-electron chi connectivity index (χ2n) is 7.70. The molecule has 4 unspecified atom stereocenters. The lowest BCUT2D eigenvalue weighted by Gasteiger charge is -2.18. The standard InChI is InChI=1S/C21H21N7O7/c1-2-22-21(32)27-16-12-17(24-7-23-16)28(8-25-12)19-15-13(33-9-34-15)14(35-19)18(29)26-11-6-4-3-5-10(11)20(30)31/h3-8,13-15,19H,2,9H2,1H3,(H,26,29)(H,30,31)(H2,22,23,24,27,32). The van der Waals surface area contributed by atoms with Crippen molar-refractivity contribution < 1.29 is 33.7 Å². The molecule has 14 heteroatoms. The number of anilines is 2. The first-order valence-corrected chi connectivity index (χ1v) is 10.7. The Bertz CT molecular complexity index is 1300. The predicted octanol–water partition coefficient (Wildman–Crippen LogP) is 0.943. The van der Waals surface area contributed by atoms with Crippen LogP contribution in [0.15, 0.2) is 36.9 Å². The van der Waals surface area contributed by atoms with E-state index in [0.717, 1.165) is 0 Å². The summed E-state index contributed by atoms with van der Waals surface area (Å²) in [5.74, 6) is -1.55. The number of carbonyl (C=O) groups is 3. The van der Waals surface area contributed by atoms with Crippen molar-refractivity contribution in [1.82, 2.24) is 24.8 Å². The van der Waals surface area contributed by atoms with E-state index in [2.05, 4.69) is 30.9 Å². The summed E-state index contributed by atoms with van der Waals surface area (Å²) in [4.78, 5) is 49.2. The van der Waals surface area contributed by atoms with Gasteiger partial charge in [0.1, 0.15) is 25.3 Å². The second kappa shape index (κ2) is 9.25. The number of carbonyl (C=O) groups excluding carboxylic acids is 2. The molecule has 3 amide bonds. The van der Waals surface area contributed by atoms with Gasteiger partial charge in [-0.3, -0.25) is 14.7 Å². The summed E-state index contributed by atoms with van der Waals surface area (Å²) < 4.78 is 18.9. The zero-order chi connectivity index (χ0) is 24.5. The van der Waals surface area contributed by atoms with Crippen molar-refractivity contribution in [3.63, 3.8) is 0 Å². The highest BCUT2D eigenvalue weighted by Crippen LogP contribution is 2.39. The fourth-order valence-corrected chi connectivity index (χ4v) is 4.05. The van der Waals surface area contributed by atoms with Crippen LogP contribution in [0, 0.1) is 0 Å². The molecule has 2 fully saturated rings. The zero-order valence-corrected chi connectivity index (χ0v) is 18.4. The maximum absolute atomic E-state index is 13.1. The number of hydrogen-bond acceptors (Lipinski definition) is 9. The van der Waals surface area contributed by atoms with E-state index < -0.39 is 42.4 Å². The number of nitrogens with one attached hydrogen (secondary N) is 3. The Balaban J connectivity index is 1.41. The average molecular weight is 483 g/mol. The van der Waals surface area contributed by atoms with Gasteiger partial charge in [-0.15, -0.1) is 0 Å². The highest BCUT2D eigenvalue weighted by atomic mass is 16.7. The fourth-order valence-electron chi connectivity index (χ4n) is 4.05. The van der Waals surface area contributed by atoms with Gasteiger partial charge >= 0.3 is 12.0 Å². The molecule has 14 nitrogen and oxygen atoms in total. The molecule has 2 aromatic heterocycles. The highest BCUT2D eigenvalue weighted by Gasteiger charge is 2.53. The molecule has 0 radical (unpaired) electrons. The molecule has 4 N–H and O–H groups in total. The molecule has 0 saturated carbocycles. The third-order valence-electron chi connectivity index (χ3n) is 5.59. The molecule has 5 rings (SSSR count). The number of urea groups is 1. The topological polar surface area (TPSA) is 179 Å². The first-order chi connectivity index (χ1) is 17.0. The van der Waals surface area contributed by atoms with Gasteiger partial charge < -0.3 is 30.0 Å². The van der Waals surface area contributed by atoms with Crippen LogP contribution >= 0.6 is 0 Å². The van der Waals surface area contributed by atoms with Crippen molar-refractivity contribution in [2.24, 2.45) is 0 Å². The van der Waals surface area contributed by atoms with Gasteiger partial charge in [-0.05, 0) is 19.1 Å². The Morgan fingerprint density at radius 2 is 1.91 bits per heavy atom. The number of benzene rings is 1. The maximum atomic E-state index is 13.1. The fraction of sp³-hybridized carbons (Fsp3) is 0.333. The molecular weight excluding hydrogens is 462 g/mol.